The first-order chi connectivity index (χ1) is 22.1. The molecule has 256 valence electrons. The summed E-state index contributed by atoms with van der Waals surface area (Å²) in [7, 11) is -14.9. The van der Waals surface area contributed by atoms with Crippen LogP contribution >= 0.6 is 23.5 Å². The maximum atomic E-state index is 12.0. The molecule has 5 atom stereocenters. The molecule has 0 radical (unpaired) electrons. The molecule has 2 aromatic heterocycles. The summed E-state index contributed by atoms with van der Waals surface area (Å²) in [5.74, 6) is 1.85. The third-order valence-corrected chi connectivity index (χ3v) is 10.1. The average Bonchev–Trinajstić information content (AvgIpc) is 3.56. The molecule has 0 bridgehead atoms. The number of ether oxygens (including phenoxy) is 3. The van der Waals surface area contributed by atoms with E-state index in [-0.39, 0.29) is 25.4 Å². The first kappa shape index (κ1) is 34.8. The van der Waals surface area contributed by atoms with E-state index in [0.29, 0.717) is 39.9 Å². The molecule has 47 heavy (non-hydrogen) atoms. The van der Waals surface area contributed by atoms with E-state index in [0.717, 1.165) is 0 Å². The molecule has 3 unspecified atom stereocenters. The maximum absolute atomic E-state index is 12.0. The molecule has 5 rings (SSSR count). The Kier molecular flexibility index (Phi) is 10.3. The predicted molar refractivity (Wildman–Crippen MR) is 159 cm³/mol. The Labute approximate surface area is 264 Å². The third-order valence-electron chi connectivity index (χ3n) is 6.29. The number of aliphatic hydroxyl groups is 1. The van der Waals surface area contributed by atoms with Gasteiger partial charge in [0, 0.05) is 19.7 Å². The number of phosphoric acid groups is 3. The van der Waals surface area contributed by atoms with Crippen molar-refractivity contribution in [3.63, 3.8) is 0 Å². The number of nitrogens with one attached hydrogen (secondary N) is 2. The Bertz CT molecular complexity index is 1830. The number of fused-ring (bicyclic) bond motifs is 2. The van der Waals surface area contributed by atoms with Crippen LogP contribution in [0.3, 0.4) is 0 Å². The standard InChI is InChI=1S/C22H29N8O14P3/c1-24-8-15-20(23)29-18-13(3-2-4-14(18)41-15)39-6-5-25-21-19-22(27-10-26-21)30(11-28-19)17-7-12(31)16(42-17)9-40-46(35,36)44-47(37,38)43-45(32,33)34/h2-4,8,10-12,16-17,24,31H,5-7,9H2,1H3,(H2,23,29)(H,35,36)(H,37,38)(H,25,26,27)(H2,32,33,34)/b15-8+/t12?,16-,17-/m1/s1. The molecule has 2 aliphatic rings. The number of amidine groups is 1. The van der Waals surface area contributed by atoms with Gasteiger partial charge < -0.3 is 55.3 Å². The zero-order valence-corrected chi connectivity index (χ0v) is 26.8. The first-order valence-electron chi connectivity index (χ1n) is 13.3. The number of benzene rings is 1. The van der Waals surface area contributed by atoms with Crippen LogP contribution in [0.15, 0.2) is 47.8 Å². The van der Waals surface area contributed by atoms with Gasteiger partial charge in [0.15, 0.2) is 40.0 Å². The van der Waals surface area contributed by atoms with Gasteiger partial charge in [0.05, 0.1) is 25.6 Å². The molecule has 25 heteroatoms. The van der Waals surface area contributed by atoms with Crippen LogP contribution in [0.4, 0.5) is 11.5 Å². The molecule has 9 N–H and O–H groups in total. The van der Waals surface area contributed by atoms with E-state index in [2.05, 4.69) is 43.7 Å². The lowest BCUT2D eigenvalue weighted by Crippen LogP contribution is -2.26. The van der Waals surface area contributed by atoms with Crippen molar-refractivity contribution in [2.75, 3.05) is 32.1 Å². The number of nitrogens with two attached hydrogens (primary N) is 1. The minimum Gasteiger partial charge on any atom is -0.489 e. The summed E-state index contributed by atoms with van der Waals surface area (Å²) in [6.45, 7) is -0.348. The molecule has 1 aromatic carbocycles. The number of para-hydroxylation sites is 1. The van der Waals surface area contributed by atoms with Crippen LogP contribution in [0.25, 0.3) is 11.2 Å². The lowest BCUT2D eigenvalue weighted by molar-refractivity contribution is -0.0423. The minimum absolute atomic E-state index is 0.0408. The van der Waals surface area contributed by atoms with Gasteiger partial charge in [-0.1, -0.05) is 6.07 Å². The van der Waals surface area contributed by atoms with Crippen molar-refractivity contribution < 1.29 is 65.7 Å². The normalized spacial score (nSPS) is 23.0. The molecule has 0 amide bonds. The average molecular weight is 722 g/mol. The lowest BCUT2D eigenvalue weighted by atomic mass is 10.2. The van der Waals surface area contributed by atoms with E-state index in [9.17, 15) is 28.6 Å². The van der Waals surface area contributed by atoms with Gasteiger partial charge in [-0.2, -0.15) is 8.62 Å². The summed E-state index contributed by atoms with van der Waals surface area (Å²) in [6, 6.07) is 5.21. The summed E-state index contributed by atoms with van der Waals surface area (Å²) >= 11 is 0. The highest BCUT2D eigenvalue weighted by Crippen LogP contribution is 2.66. The highest BCUT2D eigenvalue weighted by Gasteiger charge is 2.43. The highest BCUT2D eigenvalue weighted by atomic mass is 31.3. The van der Waals surface area contributed by atoms with Crippen molar-refractivity contribution in [1.29, 1.82) is 0 Å². The first-order valence-corrected chi connectivity index (χ1v) is 17.9. The van der Waals surface area contributed by atoms with E-state index < -0.39 is 48.5 Å². The number of aromatic nitrogens is 4. The molecule has 1 saturated heterocycles. The van der Waals surface area contributed by atoms with Crippen LogP contribution in [0.1, 0.15) is 12.6 Å². The predicted octanol–water partition coefficient (Wildman–Crippen LogP) is 0.751. The number of aliphatic hydroxyl groups excluding tert-OH is 1. The van der Waals surface area contributed by atoms with E-state index >= 15 is 0 Å². The van der Waals surface area contributed by atoms with Crippen molar-refractivity contribution in [2.24, 2.45) is 10.7 Å². The van der Waals surface area contributed by atoms with Crippen LogP contribution in [0, 0.1) is 0 Å². The Morgan fingerprint density at radius 3 is 2.66 bits per heavy atom. The van der Waals surface area contributed by atoms with Gasteiger partial charge in [-0.3, -0.25) is 9.09 Å². The van der Waals surface area contributed by atoms with Crippen LogP contribution in [0.5, 0.6) is 11.5 Å². The number of anilines is 1. The summed E-state index contributed by atoms with van der Waals surface area (Å²) in [5.41, 5.74) is 7.11. The number of aliphatic imine (C=N–C) groups is 1. The van der Waals surface area contributed by atoms with Gasteiger partial charge in [-0.15, -0.1) is 0 Å². The Morgan fingerprint density at radius 1 is 1.13 bits per heavy atom. The van der Waals surface area contributed by atoms with E-state index in [1.807, 2.05) is 0 Å². The summed E-state index contributed by atoms with van der Waals surface area (Å²) < 4.78 is 65.2. The van der Waals surface area contributed by atoms with Crippen LogP contribution in [0.2, 0.25) is 0 Å². The van der Waals surface area contributed by atoms with Crippen LogP contribution in [-0.2, 0) is 31.6 Å². The van der Waals surface area contributed by atoms with Gasteiger partial charge in [0.2, 0.25) is 0 Å². The van der Waals surface area contributed by atoms with Crippen LogP contribution in [-0.4, -0.2) is 89.0 Å². The SMILES string of the molecule is CN/C=C1/Oc2cccc(OCCNc3ncnc4c3ncn4[C@H]3CC(O)[C@@H](COP(=O)(O)OP(=O)(O)OP(=O)(O)O)O3)c2N=C1N. The molecule has 1 fully saturated rings. The lowest BCUT2D eigenvalue weighted by Gasteiger charge is -2.19. The number of hydrogen-bond acceptors (Lipinski definition) is 17. The molecule has 0 saturated carbocycles. The number of imidazole rings is 1. The molecule has 22 nitrogen and oxygen atoms in total. The Balaban J connectivity index is 1.18. The van der Waals surface area contributed by atoms with E-state index in [1.54, 1.807) is 31.4 Å². The van der Waals surface area contributed by atoms with Gasteiger partial charge in [-0.25, -0.2) is 33.6 Å². The largest absolute Gasteiger partial charge is 0.490 e. The summed E-state index contributed by atoms with van der Waals surface area (Å²) in [5, 5.41) is 16.4. The van der Waals surface area contributed by atoms with E-state index in [4.69, 9.17) is 29.7 Å². The Hall–Kier alpha value is -3.49. The fourth-order valence-corrected chi connectivity index (χ4v) is 7.45. The fraction of sp³-hybridized carbons (Fsp3) is 0.364. The minimum atomic E-state index is -5.70. The molecule has 2 aliphatic heterocycles. The molecular weight excluding hydrogens is 693 g/mol. The fourth-order valence-electron chi connectivity index (χ4n) is 4.42. The maximum Gasteiger partial charge on any atom is 0.490 e. The molecule has 0 aliphatic carbocycles. The van der Waals surface area contributed by atoms with Crippen molar-refractivity contribution >= 4 is 52.0 Å². The van der Waals surface area contributed by atoms with E-state index in [1.165, 1.54) is 17.2 Å². The second kappa shape index (κ2) is 13.9. The molecule has 3 aromatic rings. The monoisotopic (exact) mass is 722 g/mol. The molecule has 0 spiro atoms. The van der Waals surface area contributed by atoms with Gasteiger partial charge in [0.1, 0.15) is 31.0 Å². The number of nitrogens with zero attached hydrogens (tertiary/aromatic N) is 5. The summed E-state index contributed by atoms with van der Waals surface area (Å²) in [4.78, 5) is 53.4. The van der Waals surface area contributed by atoms with Gasteiger partial charge in [0.25, 0.3) is 0 Å². The summed E-state index contributed by atoms with van der Waals surface area (Å²) in [6.07, 6.45) is 0.846. The van der Waals surface area contributed by atoms with Crippen molar-refractivity contribution in [3.8, 4) is 11.5 Å². The number of hydrogen-bond donors (Lipinski definition) is 8. The second-order valence-corrected chi connectivity index (χ2v) is 14.1. The zero-order valence-electron chi connectivity index (χ0n) is 24.1. The van der Waals surface area contributed by atoms with Crippen molar-refractivity contribution in [3.05, 3.63) is 42.8 Å². The van der Waals surface area contributed by atoms with Crippen molar-refractivity contribution in [1.82, 2.24) is 24.8 Å². The smallest absolute Gasteiger partial charge is 0.489 e. The van der Waals surface area contributed by atoms with Gasteiger partial charge in [-0.05, 0) is 12.1 Å². The Morgan fingerprint density at radius 2 is 1.91 bits per heavy atom. The van der Waals surface area contributed by atoms with Crippen LogP contribution < -0.4 is 25.8 Å². The molecule has 4 heterocycles. The zero-order chi connectivity index (χ0) is 34.0. The van der Waals surface area contributed by atoms with Crippen molar-refractivity contribution in [2.45, 2.75) is 24.9 Å². The van der Waals surface area contributed by atoms with Gasteiger partial charge >= 0.3 is 23.5 Å². The highest BCUT2D eigenvalue weighted by molar-refractivity contribution is 7.66. The molecular formula is C22H29N8O14P3. The third kappa shape index (κ3) is 8.71. The number of phosphoric ester groups is 1. The quantitative estimate of drug-likeness (QED) is 0.0840. The second-order valence-electron chi connectivity index (χ2n) is 9.64. The topological polar surface area (TPSA) is 314 Å². The number of rotatable bonds is 14.